The average Bonchev–Trinajstić information content (AvgIpc) is 3.36. The number of carbonyl (C=O) groups is 1. The van der Waals surface area contributed by atoms with Crippen molar-refractivity contribution >= 4 is 39.5 Å². The van der Waals surface area contributed by atoms with Crippen LogP contribution in [-0.2, 0) is 15.9 Å². The highest BCUT2D eigenvalue weighted by Crippen LogP contribution is 2.30. The van der Waals surface area contributed by atoms with Crippen molar-refractivity contribution in [2.45, 2.75) is 65.9 Å². The normalized spacial score (nSPS) is 14.8. The van der Waals surface area contributed by atoms with Crippen LogP contribution in [0.25, 0.3) is 21.9 Å². The largest absolute Gasteiger partial charge is 0.444 e. The number of piperazine rings is 1. The van der Waals surface area contributed by atoms with Gasteiger partial charge in [-0.25, -0.2) is 14.8 Å². The minimum atomic E-state index is -0.493. The Morgan fingerprint density at radius 1 is 1.07 bits per heavy atom. The van der Waals surface area contributed by atoms with Crippen molar-refractivity contribution in [3.05, 3.63) is 24.0 Å². The maximum atomic E-state index is 12.4. The van der Waals surface area contributed by atoms with Crippen molar-refractivity contribution in [1.82, 2.24) is 24.8 Å². The molecule has 1 aromatic carbocycles. The number of nitrogens with zero attached hydrogens (tertiary/aromatic N) is 5. The summed E-state index contributed by atoms with van der Waals surface area (Å²) in [6.07, 6.45) is 3.75. The number of aromatic amines is 1. The Hall–Kier alpha value is -3.11. The van der Waals surface area contributed by atoms with Gasteiger partial charge < -0.3 is 30.0 Å². The topological polar surface area (TPSA) is 113 Å². The Kier molecular flexibility index (Phi) is 10.1. The number of aromatic nitrogens is 3. The lowest BCUT2D eigenvalue weighted by molar-refractivity contribution is 0.0163. The van der Waals surface area contributed by atoms with E-state index in [1.807, 2.05) is 20.8 Å². The summed E-state index contributed by atoms with van der Waals surface area (Å²) in [5, 5.41) is 1.07. The molecule has 10 nitrogen and oxygen atoms in total. The van der Waals surface area contributed by atoms with Crippen molar-refractivity contribution in [3.8, 4) is 0 Å². The highest BCUT2D eigenvalue weighted by Gasteiger charge is 2.22. The van der Waals surface area contributed by atoms with Gasteiger partial charge in [-0.3, -0.25) is 4.90 Å². The van der Waals surface area contributed by atoms with E-state index < -0.39 is 5.60 Å². The number of amides is 1. The molecule has 0 radical (unpaired) electrons. The van der Waals surface area contributed by atoms with Crippen LogP contribution < -0.4 is 10.6 Å². The lowest BCUT2D eigenvalue weighted by Gasteiger charge is -2.36. The summed E-state index contributed by atoms with van der Waals surface area (Å²) in [4.78, 5) is 31.9. The van der Waals surface area contributed by atoms with E-state index in [-0.39, 0.29) is 6.09 Å². The van der Waals surface area contributed by atoms with Gasteiger partial charge in [0.05, 0.1) is 24.2 Å². The second kappa shape index (κ2) is 13.5. The number of nitrogen functional groups attached to an aromatic ring is 1. The quantitative estimate of drug-likeness (QED) is 0.307. The van der Waals surface area contributed by atoms with E-state index in [4.69, 9.17) is 20.2 Å². The summed E-state index contributed by atoms with van der Waals surface area (Å²) in [7, 11) is 0. The number of H-pyrrole nitrogens is 1. The van der Waals surface area contributed by atoms with Crippen LogP contribution in [0.2, 0.25) is 0 Å². The second-order valence-corrected chi connectivity index (χ2v) is 11.6. The lowest BCUT2D eigenvalue weighted by Crippen LogP contribution is -2.47. The average molecular weight is 554 g/mol. The van der Waals surface area contributed by atoms with Crippen LogP contribution in [-0.4, -0.2) is 95.5 Å². The van der Waals surface area contributed by atoms with Crippen LogP contribution in [0.3, 0.4) is 0 Å². The van der Waals surface area contributed by atoms with Gasteiger partial charge in [0.2, 0.25) is 0 Å². The molecular formula is C30H47N7O3. The minimum Gasteiger partial charge on any atom is -0.444 e. The van der Waals surface area contributed by atoms with Crippen LogP contribution >= 0.6 is 0 Å². The van der Waals surface area contributed by atoms with Crippen LogP contribution in [0.15, 0.2) is 18.2 Å². The SMILES string of the molecule is CCCCc1nc2c(N)nc3ccc(N4CCN(CCOCCN(CCC)C(=O)OC(C)(C)C)CC4)cc3c2[nH]1. The number of unbranched alkanes of at least 4 members (excludes halogenated alkanes) is 1. The fraction of sp³-hybridized carbons (Fsp3) is 0.633. The minimum absolute atomic E-state index is 0.271. The first-order chi connectivity index (χ1) is 19.2. The number of benzene rings is 1. The Morgan fingerprint density at radius 3 is 2.55 bits per heavy atom. The molecule has 0 atom stereocenters. The van der Waals surface area contributed by atoms with Gasteiger partial charge in [0, 0.05) is 63.3 Å². The summed E-state index contributed by atoms with van der Waals surface area (Å²) in [5.41, 5.74) is 9.58. The molecule has 10 heteroatoms. The third kappa shape index (κ3) is 7.75. The number of nitrogens with two attached hydrogens (primary N) is 1. The number of ether oxygens (including phenoxy) is 2. The zero-order valence-corrected chi connectivity index (χ0v) is 25.0. The number of hydrogen-bond acceptors (Lipinski definition) is 8. The van der Waals surface area contributed by atoms with Gasteiger partial charge in [0.25, 0.3) is 0 Å². The molecule has 0 aliphatic carbocycles. The van der Waals surface area contributed by atoms with E-state index in [1.54, 1.807) is 4.90 Å². The van der Waals surface area contributed by atoms with Crippen molar-refractivity contribution < 1.29 is 14.3 Å². The van der Waals surface area contributed by atoms with Gasteiger partial charge in [-0.1, -0.05) is 20.3 Å². The molecule has 1 aliphatic rings. The maximum absolute atomic E-state index is 12.4. The van der Waals surface area contributed by atoms with Crippen molar-refractivity contribution in [2.75, 3.05) is 69.7 Å². The van der Waals surface area contributed by atoms with Gasteiger partial charge >= 0.3 is 6.09 Å². The van der Waals surface area contributed by atoms with Crippen LogP contribution in [0.5, 0.6) is 0 Å². The number of rotatable bonds is 12. The molecular weight excluding hydrogens is 506 g/mol. The summed E-state index contributed by atoms with van der Waals surface area (Å²) >= 11 is 0. The van der Waals surface area contributed by atoms with E-state index in [0.717, 1.165) is 86.2 Å². The predicted molar refractivity (Wildman–Crippen MR) is 162 cm³/mol. The van der Waals surface area contributed by atoms with Gasteiger partial charge in [-0.15, -0.1) is 0 Å². The number of imidazole rings is 1. The molecule has 1 amide bonds. The highest BCUT2D eigenvalue weighted by atomic mass is 16.6. The van der Waals surface area contributed by atoms with Crippen LogP contribution in [0.1, 0.15) is 59.7 Å². The standard InChI is InChI=1S/C30H47N7O3/c1-6-8-9-25-33-26-23-21-22(10-11-24(23)32-28(31)27(26)34-25)36-15-13-35(14-16-36)17-19-39-20-18-37(12-7-2)29(38)40-30(3,4)5/h10-11,21H,6-9,12-20H2,1-5H3,(H2,31,32)(H,33,34). The molecule has 0 saturated carbocycles. The van der Waals surface area contributed by atoms with E-state index in [0.29, 0.717) is 32.1 Å². The van der Waals surface area contributed by atoms with Gasteiger partial charge in [-0.2, -0.15) is 0 Å². The number of carbonyl (C=O) groups excluding carboxylic acids is 1. The number of aryl methyl sites for hydroxylation is 1. The molecule has 3 N–H and O–H groups in total. The Morgan fingerprint density at radius 2 is 1.85 bits per heavy atom. The Bertz CT molecular complexity index is 1260. The summed E-state index contributed by atoms with van der Waals surface area (Å²) < 4.78 is 11.4. The Balaban J connectivity index is 1.27. The molecule has 40 heavy (non-hydrogen) atoms. The number of pyridine rings is 1. The zero-order valence-electron chi connectivity index (χ0n) is 25.0. The fourth-order valence-electron chi connectivity index (χ4n) is 5.06. The molecule has 3 aromatic rings. The molecule has 0 spiro atoms. The molecule has 1 saturated heterocycles. The highest BCUT2D eigenvalue weighted by molar-refractivity contribution is 6.07. The maximum Gasteiger partial charge on any atom is 0.410 e. The molecule has 0 bridgehead atoms. The summed E-state index contributed by atoms with van der Waals surface area (Å²) in [6, 6.07) is 6.42. The number of nitrogens with one attached hydrogen (secondary N) is 1. The van der Waals surface area contributed by atoms with E-state index >= 15 is 0 Å². The van der Waals surface area contributed by atoms with Gasteiger partial charge in [0.15, 0.2) is 5.82 Å². The van der Waals surface area contributed by atoms with Crippen molar-refractivity contribution in [1.29, 1.82) is 0 Å². The van der Waals surface area contributed by atoms with Crippen molar-refractivity contribution in [3.63, 3.8) is 0 Å². The second-order valence-electron chi connectivity index (χ2n) is 11.6. The predicted octanol–water partition coefficient (Wildman–Crippen LogP) is 4.82. The molecule has 1 fully saturated rings. The smallest absolute Gasteiger partial charge is 0.410 e. The summed E-state index contributed by atoms with van der Waals surface area (Å²) in [5.74, 6) is 1.45. The molecule has 2 aromatic heterocycles. The first kappa shape index (κ1) is 29.9. The molecule has 220 valence electrons. The third-order valence-electron chi connectivity index (χ3n) is 7.19. The monoisotopic (exact) mass is 553 g/mol. The number of anilines is 2. The molecule has 1 aliphatic heterocycles. The van der Waals surface area contributed by atoms with Crippen LogP contribution in [0, 0.1) is 0 Å². The van der Waals surface area contributed by atoms with Crippen LogP contribution in [0.4, 0.5) is 16.3 Å². The number of fused-ring (bicyclic) bond motifs is 3. The van der Waals surface area contributed by atoms with E-state index in [9.17, 15) is 4.79 Å². The molecule has 0 unspecified atom stereocenters. The Labute approximate surface area is 238 Å². The van der Waals surface area contributed by atoms with E-state index in [1.165, 1.54) is 5.69 Å². The zero-order chi connectivity index (χ0) is 28.7. The van der Waals surface area contributed by atoms with Gasteiger partial charge in [-0.05, 0) is 51.8 Å². The first-order valence-electron chi connectivity index (χ1n) is 14.8. The van der Waals surface area contributed by atoms with Gasteiger partial charge in [0.1, 0.15) is 16.9 Å². The van der Waals surface area contributed by atoms with E-state index in [2.05, 4.69) is 51.8 Å². The first-order valence-corrected chi connectivity index (χ1v) is 14.8. The summed E-state index contributed by atoms with van der Waals surface area (Å²) in [6.45, 7) is 17.0. The van der Waals surface area contributed by atoms with Crippen molar-refractivity contribution in [2.24, 2.45) is 0 Å². The third-order valence-corrected chi connectivity index (χ3v) is 7.19. The fourth-order valence-corrected chi connectivity index (χ4v) is 5.06. The number of hydrogen-bond donors (Lipinski definition) is 2. The molecule has 4 rings (SSSR count). The molecule has 3 heterocycles. The lowest BCUT2D eigenvalue weighted by atomic mass is 10.1.